The van der Waals surface area contributed by atoms with Gasteiger partial charge >= 0.3 is 11.6 Å². The van der Waals surface area contributed by atoms with Crippen molar-refractivity contribution in [2.24, 2.45) is 5.92 Å². The van der Waals surface area contributed by atoms with Crippen molar-refractivity contribution in [3.8, 4) is 5.75 Å². The molecule has 1 heterocycles. The van der Waals surface area contributed by atoms with Gasteiger partial charge in [-0.15, -0.1) is 0 Å². The maximum atomic E-state index is 12.8. The van der Waals surface area contributed by atoms with Gasteiger partial charge in [-0.1, -0.05) is 38.5 Å². The summed E-state index contributed by atoms with van der Waals surface area (Å²) in [5, 5.41) is 0.752. The molecule has 0 bridgehead atoms. The van der Waals surface area contributed by atoms with E-state index >= 15 is 0 Å². The van der Waals surface area contributed by atoms with E-state index in [4.69, 9.17) is 9.15 Å². The normalized spacial score (nSPS) is 12.8. The van der Waals surface area contributed by atoms with Crippen molar-refractivity contribution >= 4 is 27.0 Å². The van der Waals surface area contributed by atoms with Gasteiger partial charge in [-0.3, -0.25) is 0 Å². The van der Waals surface area contributed by atoms with E-state index in [2.05, 4.69) is 4.72 Å². The van der Waals surface area contributed by atoms with Gasteiger partial charge in [-0.2, -0.15) is 4.72 Å². The van der Waals surface area contributed by atoms with E-state index in [1.807, 2.05) is 13.8 Å². The number of esters is 1. The van der Waals surface area contributed by atoms with Crippen LogP contribution >= 0.6 is 0 Å². The van der Waals surface area contributed by atoms with Gasteiger partial charge in [0.25, 0.3) is 0 Å². The first-order valence-corrected chi connectivity index (χ1v) is 11.5. The fourth-order valence-corrected chi connectivity index (χ4v) is 4.49. The summed E-state index contributed by atoms with van der Waals surface area (Å²) in [4.78, 5) is 24.6. The van der Waals surface area contributed by atoms with Gasteiger partial charge in [0.2, 0.25) is 10.0 Å². The molecule has 8 heteroatoms. The number of rotatable bonds is 7. The maximum Gasteiger partial charge on any atom is 0.336 e. The van der Waals surface area contributed by atoms with Gasteiger partial charge in [0.05, 0.1) is 4.90 Å². The molecule has 0 radical (unpaired) electrons. The first-order valence-electron chi connectivity index (χ1n) is 9.98. The van der Waals surface area contributed by atoms with Crippen molar-refractivity contribution in [2.75, 3.05) is 0 Å². The number of hydrogen-bond acceptors (Lipinski definition) is 6. The van der Waals surface area contributed by atoms with Gasteiger partial charge in [0, 0.05) is 17.5 Å². The predicted molar refractivity (Wildman–Crippen MR) is 118 cm³/mol. The van der Waals surface area contributed by atoms with Crippen LogP contribution in [0.15, 0.2) is 62.6 Å². The third kappa shape index (κ3) is 5.21. The zero-order valence-corrected chi connectivity index (χ0v) is 18.7. The molecule has 0 saturated heterocycles. The molecule has 1 N–H and O–H groups in total. The quantitative estimate of drug-likeness (QED) is 0.340. The fraction of sp³-hybridized carbons (Fsp3) is 0.304. The molecular formula is C23H25NO6S. The Morgan fingerprint density at radius 2 is 1.77 bits per heavy atom. The summed E-state index contributed by atoms with van der Waals surface area (Å²) in [6, 6.07) is 11.4. The van der Waals surface area contributed by atoms with E-state index in [1.54, 1.807) is 38.1 Å². The first-order chi connectivity index (χ1) is 14.6. The van der Waals surface area contributed by atoms with Crippen molar-refractivity contribution in [1.29, 1.82) is 0 Å². The Hall–Kier alpha value is -2.97. The predicted octanol–water partition coefficient (Wildman–Crippen LogP) is 3.57. The van der Waals surface area contributed by atoms with Crippen LogP contribution in [-0.2, 0) is 21.2 Å². The number of ether oxygens (including phenoxy) is 1. The Balaban J connectivity index is 1.85. The summed E-state index contributed by atoms with van der Waals surface area (Å²) in [6.45, 7) is 7.22. The average Bonchev–Trinajstić information content (AvgIpc) is 2.71. The van der Waals surface area contributed by atoms with Crippen molar-refractivity contribution in [3.63, 3.8) is 0 Å². The lowest BCUT2D eigenvalue weighted by Crippen LogP contribution is -2.46. The Bertz CT molecular complexity index is 1260. The van der Waals surface area contributed by atoms with Crippen LogP contribution in [0.5, 0.6) is 5.75 Å². The minimum absolute atomic E-state index is 0.0659. The molecule has 3 rings (SSSR count). The van der Waals surface area contributed by atoms with Gasteiger partial charge in [-0.05, 0) is 49.1 Å². The first kappa shape index (κ1) is 22.7. The number of nitrogens with one attached hydrogen (secondary N) is 1. The van der Waals surface area contributed by atoms with Crippen LogP contribution < -0.4 is 15.1 Å². The molecule has 1 aromatic heterocycles. The average molecular weight is 444 g/mol. The lowest BCUT2D eigenvalue weighted by atomic mass is 10.1. The lowest BCUT2D eigenvalue weighted by molar-refractivity contribution is -0.137. The summed E-state index contributed by atoms with van der Waals surface area (Å²) >= 11 is 0. The molecule has 31 heavy (non-hydrogen) atoms. The van der Waals surface area contributed by atoms with Crippen LogP contribution in [0.3, 0.4) is 0 Å². The Kier molecular flexibility index (Phi) is 6.62. The Labute approximate surface area is 181 Å². The van der Waals surface area contributed by atoms with Crippen LogP contribution in [0.1, 0.15) is 31.9 Å². The molecule has 0 fully saturated rings. The van der Waals surface area contributed by atoms with E-state index in [1.165, 1.54) is 24.3 Å². The standard InChI is InChI=1S/C23H25NO6S/c1-5-16-12-21(25)30-20-13-17(8-11-19(16)20)29-23(26)22(14(2)3)24-31(27,28)18-9-6-15(4)7-10-18/h6-14,22,24H,5H2,1-4H3/t22-/m1/s1. The molecule has 3 aromatic rings. The van der Waals surface area contributed by atoms with E-state index in [9.17, 15) is 18.0 Å². The molecule has 0 aliphatic heterocycles. The van der Waals surface area contributed by atoms with Crippen molar-refractivity contribution in [1.82, 2.24) is 4.72 Å². The van der Waals surface area contributed by atoms with E-state index in [0.29, 0.717) is 12.0 Å². The van der Waals surface area contributed by atoms with E-state index in [-0.39, 0.29) is 16.6 Å². The smallest absolute Gasteiger partial charge is 0.336 e. The summed E-state index contributed by atoms with van der Waals surface area (Å²) in [5.41, 5.74) is 1.57. The van der Waals surface area contributed by atoms with Crippen molar-refractivity contribution < 1.29 is 22.4 Å². The van der Waals surface area contributed by atoms with Gasteiger partial charge in [-0.25, -0.2) is 18.0 Å². The molecular weight excluding hydrogens is 418 g/mol. The lowest BCUT2D eigenvalue weighted by Gasteiger charge is -2.21. The molecule has 0 aliphatic carbocycles. The summed E-state index contributed by atoms with van der Waals surface area (Å²) in [5.74, 6) is -0.953. The number of aryl methyl sites for hydroxylation is 2. The monoisotopic (exact) mass is 443 g/mol. The van der Waals surface area contributed by atoms with Crippen LogP contribution in [0.2, 0.25) is 0 Å². The second-order valence-electron chi connectivity index (χ2n) is 7.68. The molecule has 7 nitrogen and oxygen atoms in total. The van der Waals surface area contributed by atoms with Crippen molar-refractivity contribution in [3.05, 3.63) is 70.1 Å². The molecule has 164 valence electrons. The van der Waals surface area contributed by atoms with Crippen LogP contribution in [0, 0.1) is 12.8 Å². The second kappa shape index (κ2) is 9.03. The van der Waals surface area contributed by atoms with E-state index in [0.717, 1.165) is 16.5 Å². The number of fused-ring (bicyclic) bond motifs is 1. The highest BCUT2D eigenvalue weighted by molar-refractivity contribution is 7.89. The second-order valence-corrected chi connectivity index (χ2v) is 9.39. The number of carbonyl (C=O) groups excluding carboxylic acids is 1. The number of benzene rings is 2. The Morgan fingerprint density at radius 3 is 2.39 bits per heavy atom. The summed E-state index contributed by atoms with van der Waals surface area (Å²) < 4.78 is 38.6. The SMILES string of the molecule is CCc1cc(=O)oc2cc(OC(=O)[C@H](NS(=O)(=O)c3ccc(C)cc3)C(C)C)ccc12. The van der Waals surface area contributed by atoms with Crippen molar-refractivity contribution in [2.45, 2.75) is 45.1 Å². The van der Waals surface area contributed by atoms with Crippen LogP contribution in [-0.4, -0.2) is 20.4 Å². The molecule has 0 saturated carbocycles. The topological polar surface area (TPSA) is 103 Å². The van der Waals surface area contributed by atoms with Gasteiger partial charge in [0.15, 0.2) is 0 Å². The summed E-state index contributed by atoms with van der Waals surface area (Å²) in [6.07, 6.45) is 0.650. The molecule has 2 aromatic carbocycles. The highest BCUT2D eigenvalue weighted by Gasteiger charge is 2.30. The molecule has 0 aliphatic rings. The highest BCUT2D eigenvalue weighted by atomic mass is 32.2. The number of sulfonamides is 1. The maximum absolute atomic E-state index is 12.8. The zero-order valence-electron chi connectivity index (χ0n) is 17.8. The summed E-state index contributed by atoms with van der Waals surface area (Å²) in [7, 11) is -3.92. The van der Waals surface area contributed by atoms with E-state index < -0.39 is 27.7 Å². The highest BCUT2D eigenvalue weighted by Crippen LogP contribution is 2.24. The third-order valence-electron chi connectivity index (χ3n) is 4.94. The number of hydrogen-bond donors (Lipinski definition) is 1. The Morgan fingerprint density at radius 1 is 1.10 bits per heavy atom. The van der Waals surface area contributed by atoms with Gasteiger partial charge < -0.3 is 9.15 Å². The van der Waals surface area contributed by atoms with Gasteiger partial charge in [0.1, 0.15) is 17.4 Å². The fourth-order valence-electron chi connectivity index (χ4n) is 3.15. The minimum Gasteiger partial charge on any atom is -0.425 e. The minimum atomic E-state index is -3.92. The van der Waals surface area contributed by atoms with Crippen LogP contribution in [0.4, 0.5) is 0 Å². The molecule has 0 unspecified atom stereocenters. The molecule has 0 spiro atoms. The molecule has 1 atom stereocenters. The van der Waals surface area contributed by atoms with Crippen LogP contribution in [0.25, 0.3) is 11.0 Å². The zero-order chi connectivity index (χ0) is 22.8. The molecule has 0 amide bonds. The largest absolute Gasteiger partial charge is 0.425 e. The number of carbonyl (C=O) groups is 1. The third-order valence-corrected chi connectivity index (χ3v) is 6.39.